The van der Waals surface area contributed by atoms with E-state index in [-0.39, 0.29) is 0 Å². The molecular weight excluding hydrogens is 199 g/mol. The van der Waals surface area contributed by atoms with Crippen molar-refractivity contribution in [2.24, 2.45) is 0 Å². The van der Waals surface area contributed by atoms with Crippen molar-refractivity contribution in [2.75, 3.05) is 12.4 Å². The third kappa shape index (κ3) is 1.50. The lowest BCUT2D eigenvalue weighted by Gasteiger charge is -2.06. The van der Waals surface area contributed by atoms with Crippen molar-refractivity contribution in [3.05, 3.63) is 29.1 Å². The summed E-state index contributed by atoms with van der Waals surface area (Å²) in [7, 11) is 1.16. The van der Waals surface area contributed by atoms with Crippen molar-refractivity contribution < 1.29 is 23.1 Å². The number of nitrogens with one attached hydrogen (secondary N) is 1. The highest BCUT2D eigenvalue weighted by molar-refractivity contribution is 5.89. The van der Waals surface area contributed by atoms with Gasteiger partial charge >= 0.3 is 5.97 Å². The molecule has 0 spiro atoms. The monoisotopic (exact) mass is 205 g/mol. The second kappa shape index (κ2) is 3.57. The molecule has 0 bridgehead atoms. The maximum atomic E-state index is 13.1. The summed E-state index contributed by atoms with van der Waals surface area (Å²) in [5.74, 6) is -5.82. The molecule has 0 saturated heterocycles. The van der Waals surface area contributed by atoms with E-state index in [1.54, 1.807) is 0 Å². The number of hydrogen-bond acceptors (Lipinski definition) is 2. The molecule has 1 rings (SSSR count). The van der Waals surface area contributed by atoms with Crippen LogP contribution in [0.3, 0.4) is 0 Å². The molecule has 2 N–H and O–H groups in total. The lowest BCUT2D eigenvalue weighted by molar-refractivity contribution is 0.0691. The Kier molecular flexibility index (Phi) is 2.64. The third-order valence-corrected chi connectivity index (χ3v) is 1.64. The highest BCUT2D eigenvalue weighted by Crippen LogP contribution is 2.24. The minimum atomic E-state index is -1.65. The van der Waals surface area contributed by atoms with Crippen molar-refractivity contribution in [1.82, 2.24) is 0 Å². The Morgan fingerprint density at radius 1 is 1.36 bits per heavy atom. The number of benzene rings is 1. The van der Waals surface area contributed by atoms with E-state index in [1.807, 2.05) is 5.32 Å². The maximum Gasteiger partial charge on any atom is 0.338 e. The molecule has 0 saturated carbocycles. The Labute approximate surface area is 77.2 Å². The van der Waals surface area contributed by atoms with Crippen LogP contribution >= 0.6 is 0 Å². The van der Waals surface area contributed by atoms with Crippen LogP contribution in [0, 0.1) is 17.5 Å². The lowest BCUT2D eigenvalue weighted by Crippen LogP contribution is -2.08. The van der Waals surface area contributed by atoms with Crippen molar-refractivity contribution in [3.63, 3.8) is 0 Å². The van der Waals surface area contributed by atoms with Gasteiger partial charge in [-0.2, -0.15) is 0 Å². The van der Waals surface area contributed by atoms with E-state index in [1.165, 1.54) is 0 Å². The number of hydrogen-bond donors (Lipinski definition) is 2. The summed E-state index contributed by atoms with van der Waals surface area (Å²) < 4.78 is 38.7. The van der Waals surface area contributed by atoms with Crippen LogP contribution in [-0.2, 0) is 0 Å². The zero-order chi connectivity index (χ0) is 10.9. The molecule has 0 heterocycles. The molecule has 1 aromatic rings. The molecule has 14 heavy (non-hydrogen) atoms. The predicted octanol–water partition coefficient (Wildman–Crippen LogP) is 1.84. The van der Waals surface area contributed by atoms with Crippen molar-refractivity contribution in [3.8, 4) is 0 Å². The first-order chi connectivity index (χ1) is 6.49. The van der Waals surface area contributed by atoms with Crippen LogP contribution in [0.5, 0.6) is 0 Å². The Bertz CT molecular complexity index is 393. The number of halogens is 3. The molecule has 6 heteroatoms. The van der Waals surface area contributed by atoms with Crippen molar-refractivity contribution in [2.45, 2.75) is 0 Å². The highest BCUT2D eigenvalue weighted by atomic mass is 19.2. The summed E-state index contributed by atoms with van der Waals surface area (Å²) >= 11 is 0. The number of carboxylic acids is 1. The van der Waals surface area contributed by atoms with Gasteiger partial charge < -0.3 is 10.4 Å². The zero-order valence-corrected chi connectivity index (χ0v) is 7.07. The largest absolute Gasteiger partial charge is 0.478 e. The Balaban J connectivity index is 3.50. The molecule has 0 fully saturated rings. The molecule has 0 aromatic heterocycles. The van der Waals surface area contributed by atoms with E-state index >= 15 is 0 Å². The first-order valence-corrected chi connectivity index (χ1v) is 3.57. The normalized spacial score (nSPS) is 10.0. The molecule has 1 aromatic carbocycles. The van der Waals surface area contributed by atoms with E-state index in [0.717, 1.165) is 7.05 Å². The van der Waals surface area contributed by atoms with Gasteiger partial charge in [-0.1, -0.05) is 0 Å². The van der Waals surface area contributed by atoms with Gasteiger partial charge in [0, 0.05) is 7.05 Å². The van der Waals surface area contributed by atoms with Gasteiger partial charge in [0.2, 0.25) is 0 Å². The summed E-state index contributed by atoms with van der Waals surface area (Å²) in [6, 6.07) is 0.299. The van der Waals surface area contributed by atoms with Crippen molar-refractivity contribution in [1.29, 1.82) is 0 Å². The van der Waals surface area contributed by atoms with E-state index in [0.29, 0.717) is 6.07 Å². The quantitative estimate of drug-likeness (QED) is 0.724. The maximum absolute atomic E-state index is 13.1. The van der Waals surface area contributed by atoms with E-state index in [9.17, 15) is 18.0 Å². The zero-order valence-electron chi connectivity index (χ0n) is 7.07. The SMILES string of the molecule is CNc1c(F)c(F)cc(C(=O)O)c1F. The summed E-state index contributed by atoms with van der Waals surface area (Å²) in [6.45, 7) is 0. The van der Waals surface area contributed by atoms with Crippen LogP contribution in [-0.4, -0.2) is 18.1 Å². The molecule has 3 nitrogen and oxygen atoms in total. The lowest BCUT2D eigenvalue weighted by atomic mass is 10.1. The van der Waals surface area contributed by atoms with Crippen LogP contribution in [0.2, 0.25) is 0 Å². The summed E-state index contributed by atoms with van der Waals surface area (Å²) in [6.07, 6.45) is 0. The average Bonchev–Trinajstić information content (AvgIpc) is 2.12. The number of anilines is 1. The van der Waals surface area contributed by atoms with Gasteiger partial charge in [0.1, 0.15) is 11.3 Å². The molecule has 76 valence electrons. The third-order valence-electron chi connectivity index (χ3n) is 1.64. The van der Waals surface area contributed by atoms with Crippen LogP contribution in [0.15, 0.2) is 6.07 Å². The van der Waals surface area contributed by atoms with E-state index < -0.39 is 34.7 Å². The minimum Gasteiger partial charge on any atom is -0.478 e. The minimum absolute atomic E-state index is 0.299. The summed E-state index contributed by atoms with van der Waals surface area (Å²) in [4.78, 5) is 10.4. The predicted molar refractivity (Wildman–Crippen MR) is 42.8 cm³/mol. The van der Waals surface area contributed by atoms with Crippen LogP contribution in [0.4, 0.5) is 18.9 Å². The topological polar surface area (TPSA) is 49.3 Å². The first-order valence-electron chi connectivity index (χ1n) is 3.57. The standard InChI is InChI=1S/C8H6F3NO2/c1-12-7-5(10)3(8(13)14)2-4(9)6(7)11/h2,12H,1H3,(H,13,14). The number of carboxylic acid groups (broad SMARTS) is 1. The molecule has 0 amide bonds. The van der Waals surface area contributed by atoms with Crippen LogP contribution in [0.1, 0.15) is 10.4 Å². The number of aromatic carboxylic acids is 1. The summed E-state index contributed by atoms with van der Waals surface area (Å²) in [5.41, 5.74) is -1.70. The Morgan fingerprint density at radius 3 is 2.36 bits per heavy atom. The Hall–Kier alpha value is -1.72. The van der Waals surface area contributed by atoms with Gasteiger partial charge in [-0.05, 0) is 6.07 Å². The molecule has 0 aliphatic rings. The van der Waals surface area contributed by atoms with Crippen LogP contribution < -0.4 is 5.32 Å². The molecule has 0 atom stereocenters. The number of carbonyl (C=O) groups is 1. The smallest absolute Gasteiger partial charge is 0.338 e. The van der Waals surface area contributed by atoms with Gasteiger partial charge in [-0.15, -0.1) is 0 Å². The first kappa shape index (κ1) is 10.4. The molecule has 0 aliphatic heterocycles. The molecule has 0 aliphatic carbocycles. The molecular formula is C8H6F3NO2. The van der Waals surface area contributed by atoms with Gasteiger partial charge in [0.05, 0.1) is 0 Å². The average molecular weight is 205 g/mol. The summed E-state index contributed by atoms with van der Waals surface area (Å²) in [5, 5.41) is 10.5. The van der Waals surface area contributed by atoms with Gasteiger partial charge in [-0.25, -0.2) is 18.0 Å². The van der Waals surface area contributed by atoms with Gasteiger partial charge in [0.15, 0.2) is 17.5 Å². The van der Waals surface area contributed by atoms with E-state index in [2.05, 4.69) is 0 Å². The van der Waals surface area contributed by atoms with E-state index in [4.69, 9.17) is 5.11 Å². The van der Waals surface area contributed by atoms with Crippen LogP contribution in [0.25, 0.3) is 0 Å². The second-order valence-corrected chi connectivity index (χ2v) is 2.46. The van der Waals surface area contributed by atoms with Gasteiger partial charge in [0.25, 0.3) is 0 Å². The number of rotatable bonds is 2. The fourth-order valence-electron chi connectivity index (χ4n) is 0.979. The fourth-order valence-corrected chi connectivity index (χ4v) is 0.979. The molecule has 0 unspecified atom stereocenters. The van der Waals surface area contributed by atoms with Gasteiger partial charge in [-0.3, -0.25) is 0 Å². The highest BCUT2D eigenvalue weighted by Gasteiger charge is 2.21. The molecule has 0 radical (unpaired) electrons. The second-order valence-electron chi connectivity index (χ2n) is 2.46. The fraction of sp³-hybridized carbons (Fsp3) is 0.125. The van der Waals surface area contributed by atoms with Crippen molar-refractivity contribution >= 4 is 11.7 Å². The Morgan fingerprint density at radius 2 is 1.93 bits per heavy atom.